The first-order valence-corrected chi connectivity index (χ1v) is 15.5. The highest BCUT2D eigenvalue weighted by Gasteiger charge is 2.53. The fourth-order valence-electron chi connectivity index (χ4n) is 7.05. The number of likely N-dealkylation sites (N-methyl/N-ethyl adjacent to an activating group) is 1. The lowest BCUT2D eigenvalue weighted by atomic mass is 9.95. The van der Waals surface area contributed by atoms with Crippen molar-refractivity contribution in [2.75, 3.05) is 29.9 Å². The molecule has 1 aliphatic carbocycles. The minimum atomic E-state index is -1.15. The van der Waals surface area contributed by atoms with Crippen LogP contribution in [0.25, 0.3) is 21.9 Å². The number of aromatic amines is 1. The molecule has 47 heavy (non-hydrogen) atoms. The van der Waals surface area contributed by atoms with Crippen molar-refractivity contribution in [3.8, 4) is 11.8 Å². The summed E-state index contributed by atoms with van der Waals surface area (Å²) in [6.07, 6.45) is 5.38. The van der Waals surface area contributed by atoms with Gasteiger partial charge in [-0.05, 0) is 62.3 Å². The summed E-state index contributed by atoms with van der Waals surface area (Å²) in [4.78, 5) is 65.8. The molecule has 1 saturated carbocycles. The van der Waals surface area contributed by atoms with Crippen LogP contribution in [-0.2, 0) is 4.79 Å². The lowest BCUT2D eigenvalue weighted by Gasteiger charge is -2.27. The van der Waals surface area contributed by atoms with Crippen LogP contribution >= 0.6 is 0 Å². The monoisotopic (exact) mass is 634 g/mol. The summed E-state index contributed by atoms with van der Waals surface area (Å²) < 4.78 is 21.5. The molecule has 8 rings (SSSR count). The maximum Gasteiger partial charge on any atom is 0.326 e. The SMILES string of the molecule is Cc1ncc(Oc2nc(N3C[C@H](C)C4(CC4)C3)c3c(n2)[nH]c2c(N(C)C(=O)[C@H](C)N4C(=O)c5ccccc5C4=O)cc(F)cc23)cn1. The number of aryl methyl sites for hydroxylation is 1. The molecule has 3 amide bonds. The number of benzene rings is 2. The molecule has 13 heteroatoms. The molecular formula is C34H31FN8O4. The Morgan fingerprint density at radius 1 is 1.11 bits per heavy atom. The fraction of sp³-hybridized carbons (Fsp3) is 0.324. The maximum atomic E-state index is 15.5. The molecule has 1 spiro atoms. The lowest BCUT2D eigenvalue weighted by Crippen LogP contribution is -2.48. The molecule has 2 atom stereocenters. The summed E-state index contributed by atoms with van der Waals surface area (Å²) in [6.45, 7) is 7.08. The Labute approximate surface area is 268 Å². The predicted molar refractivity (Wildman–Crippen MR) is 171 cm³/mol. The second-order valence-electron chi connectivity index (χ2n) is 12.8. The van der Waals surface area contributed by atoms with E-state index < -0.39 is 29.6 Å². The Morgan fingerprint density at radius 3 is 2.43 bits per heavy atom. The average Bonchev–Trinajstić information content (AvgIpc) is 3.56. The summed E-state index contributed by atoms with van der Waals surface area (Å²) in [5.41, 5.74) is 1.80. The number of anilines is 2. The van der Waals surface area contributed by atoms with Gasteiger partial charge in [0.05, 0.1) is 40.1 Å². The molecule has 3 aromatic heterocycles. The van der Waals surface area contributed by atoms with Crippen LogP contribution in [-0.4, -0.2) is 73.7 Å². The first-order chi connectivity index (χ1) is 22.5. The van der Waals surface area contributed by atoms with Gasteiger partial charge in [-0.3, -0.25) is 19.3 Å². The van der Waals surface area contributed by atoms with Crippen LogP contribution in [0.3, 0.4) is 0 Å². The second-order valence-corrected chi connectivity index (χ2v) is 12.8. The molecule has 0 radical (unpaired) electrons. The predicted octanol–water partition coefficient (Wildman–Crippen LogP) is 5.02. The third kappa shape index (κ3) is 4.51. The average molecular weight is 635 g/mol. The molecule has 2 aliphatic heterocycles. The van der Waals surface area contributed by atoms with E-state index in [1.54, 1.807) is 43.6 Å². The molecule has 238 valence electrons. The van der Waals surface area contributed by atoms with Crippen molar-refractivity contribution in [3.05, 3.63) is 71.6 Å². The van der Waals surface area contributed by atoms with Gasteiger partial charge in [-0.1, -0.05) is 19.1 Å². The zero-order valence-corrected chi connectivity index (χ0v) is 26.2. The molecule has 5 aromatic rings. The molecule has 12 nitrogen and oxygen atoms in total. The number of rotatable bonds is 6. The Bertz CT molecular complexity index is 2110. The van der Waals surface area contributed by atoms with Gasteiger partial charge >= 0.3 is 6.01 Å². The van der Waals surface area contributed by atoms with E-state index in [-0.39, 0.29) is 28.2 Å². The first kappa shape index (κ1) is 29.0. The Kier molecular flexibility index (Phi) is 6.33. The molecule has 0 unspecified atom stereocenters. The third-order valence-electron chi connectivity index (χ3n) is 9.93. The van der Waals surface area contributed by atoms with Crippen molar-refractivity contribution in [2.24, 2.45) is 11.3 Å². The summed E-state index contributed by atoms with van der Waals surface area (Å²) in [5.74, 6) is -0.219. The Hall–Kier alpha value is -5.46. The van der Waals surface area contributed by atoms with Gasteiger partial charge in [0.25, 0.3) is 11.8 Å². The van der Waals surface area contributed by atoms with Crippen molar-refractivity contribution >= 4 is 51.2 Å². The number of hydrogen-bond donors (Lipinski definition) is 1. The van der Waals surface area contributed by atoms with E-state index in [9.17, 15) is 14.4 Å². The fourth-order valence-corrected chi connectivity index (χ4v) is 7.05. The number of carbonyl (C=O) groups is 3. The van der Waals surface area contributed by atoms with Gasteiger partial charge in [0.15, 0.2) is 5.75 Å². The van der Waals surface area contributed by atoms with Gasteiger partial charge in [0.2, 0.25) is 5.91 Å². The van der Waals surface area contributed by atoms with Crippen molar-refractivity contribution in [3.63, 3.8) is 0 Å². The number of carbonyl (C=O) groups excluding carboxylic acids is 3. The van der Waals surface area contributed by atoms with E-state index in [4.69, 9.17) is 9.72 Å². The largest absolute Gasteiger partial charge is 0.421 e. The number of nitrogens with one attached hydrogen (secondary N) is 1. The van der Waals surface area contributed by atoms with Crippen LogP contribution in [0.15, 0.2) is 48.8 Å². The number of imide groups is 1. The smallest absolute Gasteiger partial charge is 0.326 e. The molecule has 2 aromatic carbocycles. The van der Waals surface area contributed by atoms with Crippen molar-refractivity contribution < 1.29 is 23.5 Å². The Morgan fingerprint density at radius 2 is 1.79 bits per heavy atom. The standard InChI is InChI=1S/C34H31FN8O4/c1-17-15-42(16-34(17)9-10-34)29-26-24-11-20(35)12-25(27(24)38-28(26)39-33(40-29)47-21-13-36-19(3)37-14-21)41(4)30(44)18(2)43-31(45)22-7-5-6-8-23(22)32(43)46/h5-8,11-14,17-18H,9-10,15-16H2,1-4H3,(H,38,39,40)/t17-,18-/m0/s1. The molecule has 2 fully saturated rings. The van der Waals surface area contributed by atoms with E-state index in [0.717, 1.165) is 30.8 Å². The first-order valence-electron chi connectivity index (χ1n) is 15.5. The van der Waals surface area contributed by atoms with Crippen LogP contribution in [0.5, 0.6) is 11.8 Å². The highest BCUT2D eigenvalue weighted by Crippen LogP contribution is 2.57. The maximum absolute atomic E-state index is 15.5. The van der Waals surface area contributed by atoms with Gasteiger partial charge in [-0.25, -0.2) is 14.4 Å². The van der Waals surface area contributed by atoms with Gasteiger partial charge < -0.3 is 19.5 Å². The zero-order chi connectivity index (χ0) is 32.8. The van der Waals surface area contributed by atoms with Crippen LogP contribution in [0, 0.1) is 24.1 Å². The molecule has 5 heterocycles. The van der Waals surface area contributed by atoms with E-state index in [1.165, 1.54) is 31.0 Å². The van der Waals surface area contributed by atoms with Crippen molar-refractivity contribution in [1.29, 1.82) is 0 Å². The quantitative estimate of drug-likeness (QED) is 0.255. The minimum Gasteiger partial charge on any atom is -0.421 e. The van der Waals surface area contributed by atoms with E-state index >= 15 is 4.39 Å². The number of amides is 3. The number of ether oxygens (including phenoxy) is 1. The number of halogens is 1. The number of nitrogens with zero attached hydrogens (tertiary/aromatic N) is 7. The van der Waals surface area contributed by atoms with E-state index in [0.29, 0.717) is 45.2 Å². The van der Waals surface area contributed by atoms with Crippen LogP contribution < -0.4 is 14.5 Å². The summed E-state index contributed by atoms with van der Waals surface area (Å²) in [5, 5.41) is 1.10. The highest BCUT2D eigenvalue weighted by molar-refractivity contribution is 6.24. The molecule has 1 N–H and O–H groups in total. The van der Waals surface area contributed by atoms with Crippen molar-refractivity contribution in [2.45, 2.75) is 39.7 Å². The summed E-state index contributed by atoms with van der Waals surface area (Å²) in [7, 11) is 1.49. The number of aromatic nitrogens is 5. The summed E-state index contributed by atoms with van der Waals surface area (Å²) >= 11 is 0. The highest BCUT2D eigenvalue weighted by atomic mass is 19.1. The third-order valence-corrected chi connectivity index (χ3v) is 9.93. The lowest BCUT2D eigenvalue weighted by molar-refractivity contribution is -0.121. The minimum absolute atomic E-state index is 0.0709. The van der Waals surface area contributed by atoms with Gasteiger partial charge in [0.1, 0.15) is 29.1 Å². The van der Waals surface area contributed by atoms with Gasteiger partial charge in [0, 0.05) is 25.5 Å². The molecular weight excluding hydrogens is 603 g/mol. The normalized spacial score (nSPS) is 18.8. The number of fused-ring (bicyclic) bond motifs is 4. The zero-order valence-electron chi connectivity index (χ0n) is 26.2. The van der Waals surface area contributed by atoms with Gasteiger partial charge in [-0.2, -0.15) is 9.97 Å². The summed E-state index contributed by atoms with van der Waals surface area (Å²) in [6, 6.07) is 8.02. The second kappa shape index (κ2) is 10.3. The van der Waals surface area contributed by atoms with E-state index in [2.05, 4.69) is 31.8 Å². The van der Waals surface area contributed by atoms with Gasteiger partial charge in [-0.15, -0.1) is 0 Å². The Balaban J connectivity index is 1.22. The van der Waals surface area contributed by atoms with E-state index in [1.807, 2.05) is 0 Å². The molecule has 0 bridgehead atoms. The molecule has 1 saturated heterocycles. The number of H-pyrrole nitrogens is 1. The molecule has 3 aliphatic rings. The van der Waals surface area contributed by atoms with Crippen molar-refractivity contribution in [1.82, 2.24) is 29.8 Å². The van der Waals surface area contributed by atoms with Crippen LogP contribution in [0.2, 0.25) is 0 Å². The number of hydrogen-bond acceptors (Lipinski definition) is 9. The van der Waals surface area contributed by atoms with Crippen LogP contribution in [0.4, 0.5) is 15.9 Å². The van der Waals surface area contributed by atoms with Crippen LogP contribution in [0.1, 0.15) is 53.2 Å². The topological polar surface area (TPSA) is 138 Å².